The molecule has 0 saturated carbocycles. The number of hydrogen-bond donors (Lipinski definition) is 0. The Balaban J connectivity index is 1.66. The minimum atomic E-state index is -0.230. The third kappa shape index (κ3) is 2.87. The van der Waals surface area contributed by atoms with Crippen LogP contribution in [-0.2, 0) is 18.4 Å². The van der Waals surface area contributed by atoms with Crippen LogP contribution >= 0.6 is 11.8 Å². The van der Waals surface area contributed by atoms with Gasteiger partial charge in [0.1, 0.15) is 0 Å². The Labute approximate surface area is 149 Å². The number of imide groups is 1. The van der Waals surface area contributed by atoms with E-state index < -0.39 is 0 Å². The van der Waals surface area contributed by atoms with Crippen molar-refractivity contribution in [1.29, 1.82) is 0 Å². The van der Waals surface area contributed by atoms with Crippen molar-refractivity contribution in [1.82, 2.24) is 9.47 Å². The number of thioether (sulfide) groups is 1. The van der Waals surface area contributed by atoms with E-state index in [0.29, 0.717) is 11.4 Å². The molecule has 2 heterocycles. The van der Waals surface area contributed by atoms with Gasteiger partial charge in [0.25, 0.3) is 11.1 Å². The number of carbonyl (C=O) groups excluding carboxylic acids is 2. The number of rotatable bonds is 3. The van der Waals surface area contributed by atoms with Gasteiger partial charge in [0.2, 0.25) is 0 Å². The van der Waals surface area contributed by atoms with Crippen LogP contribution in [0.1, 0.15) is 11.1 Å². The summed E-state index contributed by atoms with van der Waals surface area (Å²) < 4.78 is 2.02. The van der Waals surface area contributed by atoms with Gasteiger partial charge in [0.15, 0.2) is 0 Å². The van der Waals surface area contributed by atoms with Gasteiger partial charge < -0.3 is 4.57 Å². The fourth-order valence-electron chi connectivity index (χ4n) is 3.03. The molecular weight excluding hydrogens is 332 g/mol. The summed E-state index contributed by atoms with van der Waals surface area (Å²) in [6.07, 6.45) is 3.80. The van der Waals surface area contributed by atoms with Crippen molar-refractivity contribution in [3.05, 3.63) is 76.8 Å². The molecular formula is C20H16N2O2S. The average molecular weight is 348 g/mol. The highest BCUT2D eigenvalue weighted by molar-refractivity contribution is 8.18. The Hall–Kier alpha value is -2.79. The lowest BCUT2D eigenvalue weighted by Crippen LogP contribution is -2.27. The van der Waals surface area contributed by atoms with Gasteiger partial charge in [0.05, 0.1) is 11.4 Å². The Bertz CT molecular complexity index is 1000. The van der Waals surface area contributed by atoms with Crippen LogP contribution in [0.4, 0.5) is 4.79 Å². The van der Waals surface area contributed by atoms with Crippen LogP contribution < -0.4 is 0 Å². The molecule has 0 bridgehead atoms. The monoisotopic (exact) mass is 348 g/mol. The molecule has 0 atom stereocenters. The zero-order chi connectivity index (χ0) is 17.4. The summed E-state index contributed by atoms with van der Waals surface area (Å²) in [5.41, 5.74) is 2.98. The van der Waals surface area contributed by atoms with Crippen LogP contribution in [0.2, 0.25) is 0 Å². The molecule has 25 heavy (non-hydrogen) atoms. The van der Waals surface area contributed by atoms with E-state index in [1.54, 1.807) is 0 Å². The third-order valence-corrected chi connectivity index (χ3v) is 5.18. The van der Waals surface area contributed by atoms with Gasteiger partial charge in [0, 0.05) is 29.7 Å². The lowest BCUT2D eigenvalue weighted by molar-refractivity contribution is -0.123. The van der Waals surface area contributed by atoms with E-state index in [4.69, 9.17) is 0 Å². The summed E-state index contributed by atoms with van der Waals surface area (Å²) >= 11 is 1.00. The first-order chi connectivity index (χ1) is 12.1. The highest BCUT2D eigenvalue weighted by Crippen LogP contribution is 2.34. The smallest absolute Gasteiger partial charge is 0.293 e. The van der Waals surface area contributed by atoms with E-state index in [-0.39, 0.29) is 11.1 Å². The van der Waals surface area contributed by atoms with Gasteiger partial charge in [-0.15, -0.1) is 0 Å². The number of amides is 2. The zero-order valence-corrected chi connectivity index (χ0v) is 14.5. The van der Waals surface area contributed by atoms with Gasteiger partial charge in [-0.2, -0.15) is 0 Å². The Morgan fingerprint density at radius 2 is 1.72 bits per heavy atom. The fraction of sp³-hybridized carbons (Fsp3) is 0.100. The van der Waals surface area contributed by atoms with Gasteiger partial charge in [-0.1, -0.05) is 48.5 Å². The molecule has 4 rings (SSSR count). The van der Waals surface area contributed by atoms with Crippen molar-refractivity contribution >= 4 is 39.9 Å². The SMILES string of the molecule is Cn1cc(/C=C2/SC(=O)N(Cc3ccccc3)C2=O)c2ccccc21. The number of hydrogen-bond acceptors (Lipinski definition) is 3. The standard InChI is InChI=1S/C20H16N2O2S/c1-21-13-15(16-9-5-6-10-17(16)21)11-18-19(23)22(20(24)25-18)12-14-7-3-2-4-8-14/h2-11,13H,12H2,1H3/b18-11+. The predicted molar refractivity (Wildman–Crippen MR) is 101 cm³/mol. The largest absolute Gasteiger partial charge is 0.350 e. The molecule has 0 spiro atoms. The maximum atomic E-state index is 12.7. The number of aromatic nitrogens is 1. The number of benzene rings is 2. The van der Waals surface area contributed by atoms with E-state index in [2.05, 4.69) is 0 Å². The second-order valence-electron chi connectivity index (χ2n) is 5.97. The molecule has 124 valence electrons. The number of fused-ring (bicyclic) bond motifs is 1. The van der Waals surface area contributed by atoms with Crippen molar-refractivity contribution in [2.45, 2.75) is 6.54 Å². The molecule has 3 aromatic rings. The molecule has 1 aliphatic heterocycles. The second-order valence-corrected chi connectivity index (χ2v) is 6.96. The van der Waals surface area contributed by atoms with Crippen LogP contribution in [0.3, 0.4) is 0 Å². The summed E-state index contributed by atoms with van der Waals surface area (Å²) in [7, 11) is 1.97. The quantitative estimate of drug-likeness (QED) is 0.658. The lowest BCUT2D eigenvalue weighted by Gasteiger charge is -2.12. The van der Waals surface area contributed by atoms with Gasteiger partial charge in [-0.3, -0.25) is 14.5 Å². The molecule has 0 aliphatic carbocycles. The first-order valence-corrected chi connectivity index (χ1v) is 8.78. The van der Waals surface area contributed by atoms with Crippen LogP contribution in [0, 0.1) is 0 Å². The molecule has 1 aromatic heterocycles. The van der Waals surface area contributed by atoms with Crippen molar-refractivity contribution in [2.24, 2.45) is 7.05 Å². The zero-order valence-electron chi connectivity index (χ0n) is 13.7. The molecule has 0 radical (unpaired) electrons. The fourth-order valence-corrected chi connectivity index (χ4v) is 3.86. The van der Waals surface area contributed by atoms with E-state index in [9.17, 15) is 9.59 Å². The molecule has 0 N–H and O–H groups in total. The first-order valence-electron chi connectivity index (χ1n) is 7.97. The van der Waals surface area contributed by atoms with E-state index >= 15 is 0 Å². The summed E-state index contributed by atoms with van der Waals surface area (Å²) in [5, 5.41) is 0.847. The molecule has 5 heteroatoms. The third-order valence-electron chi connectivity index (χ3n) is 4.27. The van der Waals surface area contributed by atoms with Crippen LogP contribution in [0.25, 0.3) is 17.0 Å². The topological polar surface area (TPSA) is 42.3 Å². The van der Waals surface area contributed by atoms with Crippen molar-refractivity contribution in [2.75, 3.05) is 0 Å². The Morgan fingerprint density at radius 1 is 1.00 bits per heavy atom. The predicted octanol–water partition coefficient (Wildman–Crippen LogP) is 4.41. The number of carbonyl (C=O) groups is 2. The van der Waals surface area contributed by atoms with Gasteiger partial charge in [-0.05, 0) is 29.5 Å². The van der Waals surface area contributed by atoms with E-state index in [1.807, 2.05) is 78.5 Å². The summed E-state index contributed by atoms with van der Waals surface area (Å²) in [5.74, 6) is -0.230. The molecule has 2 aromatic carbocycles. The number of nitrogens with zero attached hydrogens (tertiary/aromatic N) is 2. The molecule has 2 amide bonds. The van der Waals surface area contributed by atoms with Gasteiger partial charge >= 0.3 is 0 Å². The summed E-state index contributed by atoms with van der Waals surface area (Å²) in [6, 6.07) is 17.6. The minimum absolute atomic E-state index is 0.222. The summed E-state index contributed by atoms with van der Waals surface area (Å²) in [6.45, 7) is 0.304. The van der Waals surface area contributed by atoms with Crippen molar-refractivity contribution < 1.29 is 9.59 Å². The highest BCUT2D eigenvalue weighted by Gasteiger charge is 2.35. The van der Waals surface area contributed by atoms with Crippen LogP contribution in [-0.4, -0.2) is 20.6 Å². The van der Waals surface area contributed by atoms with Crippen molar-refractivity contribution in [3.8, 4) is 0 Å². The molecule has 1 saturated heterocycles. The maximum absolute atomic E-state index is 12.7. The van der Waals surface area contributed by atoms with E-state index in [0.717, 1.165) is 33.8 Å². The van der Waals surface area contributed by atoms with Crippen molar-refractivity contribution in [3.63, 3.8) is 0 Å². The molecule has 4 nitrogen and oxygen atoms in total. The Morgan fingerprint density at radius 3 is 2.52 bits per heavy atom. The van der Waals surface area contributed by atoms with Crippen LogP contribution in [0.15, 0.2) is 65.7 Å². The first kappa shape index (κ1) is 15.7. The normalized spacial score (nSPS) is 16.4. The lowest BCUT2D eigenvalue weighted by atomic mass is 10.1. The van der Waals surface area contributed by atoms with Gasteiger partial charge in [-0.25, -0.2) is 0 Å². The molecule has 0 unspecified atom stereocenters. The molecule has 1 aliphatic rings. The average Bonchev–Trinajstić information content (AvgIpc) is 3.08. The van der Waals surface area contributed by atoms with Crippen LogP contribution in [0.5, 0.6) is 0 Å². The Kier molecular flexibility index (Phi) is 3.93. The maximum Gasteiger partial charge on any atom is 0.293 e. The second kappa shape index (κ2) is 6.26. The summed E-state index contributed by atoms with van der Waals surface area (Å²) in [4.78, 5) is 26.7. The van der Waals surface area contributed by atoms with E-state index in [1.165, 1.54) is 4.90 Å². The number of para-hydroxylation sites is 1. The highest BCUT2D eigenvalue weighted by atomic mass is 32.2. The minimum Gasteiger partial charge on any atom is -0.350 e. The number of aryl methyl sites for hydroxylation is 1. The molecule has 1 fully saturated rings.